The van der Waals surface area contributed by atoms with Crippen LogP contribution in [0, 0.1) is 13.8 Å². The number of para-hydroxylation sites is 1. The van der Waals surface area contributed by atoms with E-state index in [0.717, 1.165) is 40.6 Å². The van der Waals surface area contributed by atoms with Crippen LogP contribution in [0.3, 0.4) is 0 Å². The third-order valence-corrected chi connectivity index (χ3v) is 6.31. The Hall–Kier alpha value is -3.42. The molecule has 0 fully saturated rings. The minimum absolute atomic E-state index is 0.0905. The van der Waals surface area contributed by atoms with Crippen molar-refractivity contribution >= 4 is 27.7 Å². The van der Waals surface area contributed by atoms with Crippen LogP contribution in [0.25, 0.3) is 21.8 Å². The van der Waals surface area contributed by atoms with Gasteiger partial charge in [0.2, 0.25) is 5.91 Å². The highest BCUT2D eigenvalue weighted by atomic mass is 16.2. The largest absolute Gasteiger partial charge is 0.354 e. The van der Waals surface area contributed by atoms with Crippen molar-refractivity contribution in [3.63, 3.8) is 0 Å². The Bertz CT molecular complexity index is 1360. The summed E-state index contributed by atoms with van der Waals surface area (Å²) in [6.07, 6.45) is 2.99. The Labute approximate surface area is 186 Å². The number of carbonyl (C=O) groups excluding carboxylic acids is 1. The van der Waals surface area contributed by atoms with Crippen LogP contribution in [-0.2, 0) is 24.8 Å². The fraction of sp³-hybridized carbons (Fsp3) is 0.417. The molecule has 4 rings (SSSR count). The van der Waals surface area contributed by atoms with Gasteiger partial charge in [-0.3, -0.25) is 14.3 Å². The molecular formula is C24H30N6O2. The number of rotatable bonds is 7. The summed E-state index contributed by atoms with van der Waals surface area (Å²) in [6, 6.07) is 7.30. The van der Waals surface area contributed by atoms with E-state index in [0.29, 0.717) is 18.5 Å². The predicted molar refractivity (Wildman–Crippen MR) is 126 cm³/mol. The van der Waals surface area contributed by atoms with Crippen molar-refractivity contribution in [1.82, 2.24) is 29.4 Å². The Morgan fingerprint density at radius 3 is 2.59 bits per heavy atom. The first kappa shape index (κ1) is 21.8. The molecule has 4 aromatic rings. The Morgan fingerprint density at radius 2 is 1.91 bits per heavy atom. The molecule has 0 saturated heterocycles. The van der Waals surface area contributed by atoms with Crippen LogP contribution in [0.2, 0.25) is 0 Å². The number of nitrogens with one attached hydrogen (secondary N) is 1. The minimum Gasteiger partial charge on any atom is -0.354 e. The molecule has 8 heteroatoms. The molecule has 1 atom stereocenters. The monoisotopic (exact) mass is 434 g/mol. The molecule has 8 nitrogen and oxygen atoms in total. The lowest BCUT2D eigenvalue weighted by Gasteiger charge is -2.19. The summed E-state index contributed by atoms with van der Waals surface area (Å²) in [4.78, 5) is 26.3. The van der Waals surface area contributed by atoms with Crippen LogP contribution >= 0.6 is 0 Å². The van der Waals surface area contributed by atoms with E-state index < -0.39 is 6.04 Å². The zero-order chi connectivity index (χ0) is 23.0. The van der Waals surface area contributed by atoms with Gasteiger partial charge in [0.25, 0.3) is 5.56 Å². The quantitative estimate of drug-likeness (QED) is 0.484. The first-order valence-corrected chi connectivity index (χ1v) is 11.1. The lowest BCUT2D eigenvalue weighted by atomic mass is 10.1. The van der Waals surface area contributed by atoms with Crippen molar-refractivity contribution in [1.29, 1.82) is 0 Å². The third-order valence-electron chi connectivity index (χ3n) is 6.31. The van der Waals surface area contributed by atoms with Gasteiger partial charge in [-0.25, -0.2) is 4.68 Å². The van der Waals surface area contributed by atoms with Crippen LogP contribution in [0.1, 0.15) is 43.3 Å². The molecule has 0 spiro atoms. The number of aryl methyl sites for hydroxylation is 3. The smallest absolute Gasteiger partial charge is 0.291 e. The molecule has 0 aliphatic heterocycles. The molecule has 3 aromatic heterocycles. The normalized spacial score (nSPS) is 12.5. The van der Waals surface area contributed by atoms with E-state index in [2.05, 4.69) is 29.4 Å². The van der Waals surface area contributed by atoms with Gasteiger partial charge in [-0.2, -0.15) is 10.2 Å². The molecule has 1 amide bonds. The van der Waals surface area contributed by atoms with E-state index in [-0.39, 0.29) is 11.5 Å². The standard InChI is InChI=1S/C24H30N6O2/c1-6-20(23(31)25-13-12-17-15(3)27-29(7-2)16(17)4)30-21-11-9-8-10-18(21)19-14-26-28(5)24(32)22(19)30/h8-11,14,20H,6-7,12-13H2,1-5H3,(H,25,31)/t20-/m0/s1. The average Bonchev–Trinajstić information content (AvgIpc) is 3.26. The lowest BCUT2D eigenvalue weighted by molar-refractivity contribution is -0.124. The summed E-state index contributed by atoms with van der Waals surface area (Å²) in [5, 5.41) is 13.5. The van der Waals surface area contributed by atoms with Crippen molar-refractivity contribution in [2.75, 3.05) is 6.54 Å². The number of nitrogens with zero attached hydrogens (tertiary/aromatic N) is 5. The van der Waals surface area contributed by atoms with Crippen LogP contribution in [0.4, 0.5) is 0 Å². The van der Waals surface area contributed by atoms with Gasteiger partial charge in [0.15, 0.2) is 0 Å². The molecule has 1 aromatic carbocycles. The second-order valence-electron chi connectivity index (χ2n) is 8.15. The van der Waals surface area contributed by atoms with Crippen LogP contribution in [0.15, 0.2) is 35.3 Å². The van der Waals surface area contributed by atoms with Gasteiger partial charge >= 0.3 is 0 Å². The third kappa shape index (κ3) is 3.49. The maximum Gasteiger partial charge on any atom is 0.291 e. The van der Waals surface area contributed by atoms with Crippen LogP contribution < -0.4 is 10.9 Å². The molecule has 168 valence electrons. The second-order valence-corrected chi connectivity index (χ2v) is 8.15. The maximum absolute atomic E-state index is 13.3. The Kier molecular flexibility index (Phi) is 5.86. The number of hydrogen-bond acceptors (Lipinski definition) is 4. The van der Waals surface area contributed by atoms with E-state index in [9.17, 15) is 9.59 Å². The van der Waals surface area contributed by atoms with E-state index in [1.165, 1.54) is 10.2 Å². The average molecular weight is 435 g/mol. The van der Waals surface area contributed by atoms with E-state index in [1.807, 2.05) is 47.4 Å². The molecule has 32 heavy (non-hydrogen) atoms. The summed E-state index contributed by atoms with van der Waals surface area (Å²) < 4.78 is 5.19. The number of hydrogen-bond donors (Lipinski definition) is 1. The zero-order valence-corrected chi connectivity index (χ0v) is 19.3. The molecule has 0 radical (unpaired) electrons. The topological polar surface area (TPSA) is 86.7 Å². The molecule has 1 N–H and O–H groups in total. The molecule has 0 bridgehead atoms. The fourth-order valence-electron chi connectivity index (χ4n) is 4.63. The lowest BCUT2D eigenvalue weighted by Crippen LogP contribution is -2.35. The van der Waals surface area contributed by atoms with Crippen molar-refractivity contribution < 1.29 is 4.79 Å². The number of aromatic nitrogens is 5. The highest BCUT2D eigenvalue weighted by molar-refractivity contribution is 6.08. The summed E-state index contributed by atoms with van der Waals surface area (Å²) in [5.74, 6) is -0.0905. The minimum atomic E-state index is -0.493. The van der Waals surface area contributed by atoms with E-state index >= 15 is 0 Å². The molecule has 3 heterocycles. The SMILES string of the molecule is CC[C@@H](C(=O)NCCc1c(C)nn(CC)c1C)n1c2ccccc2c2cnn(C)c(=O)c21. The van der Waals surface area contributed by atoms with Gasteiger partial charge in [0, 0.05) is 36.6 Å². The predicted octanol–water partition coefficient (Wildman–Crippen LogP) is 3.03. The van der Waals surface area contributed by atoms with E-state index in [1.54, 1.807) is 13.2 Å². The molecule has 0 unspecified atom stereocenters. The number of fused-ring (bicyclic) bond motifs is 3. The highest BCUT2D eigenvalue weighted by Crippen LogP contribution is 2.30. The molecule has 0 aliphatic rings. The van der Waals surface area contributed by atoms with Crippen molar-refractivity contribution in [2.45, 2.75) is 53.1 Å². The van der Waals surface area contributed by atoms with Gasteiger partial charge < -0.3 is 9.88 Å². The summed E-state index contributed by atoms with van der Waals surface area (Å²) in [7, 11) is 1.63. The van der Waals surface area contributed by atoms with Gasteiger partial charge in [0.05, 0.1) is 17.4 Å². The zero-order valence-electron chi connectivity index (χ0n) is 19.3. The van der Waals surface area contributed by atoms with Crippen LogP contribution in [-0.4, -0.2) is 36.6 Å². The van der Waals surface area contributed by atoms with Gasteiger partial charge in [-0.1, -0.05) is 25.1 Å². The van der Waals surface area contributed by atoms with Gasteiger partial charge in [-0.05, 0) is 45.2 Å². The fourth-order valence-corrected chi connectivity index (χ4v) is 4.63. The van der Waals surface area contributed by atoms with Crippen molar-refractivity contribution in [2.24, 2.45) is 7.05 Å². The first-order chi connectivity index (χ1) is 15.4. The second kappa shape index (κ2) is 8.61. The number of amides is 1. The molecule has 0 saturated carbocycles. The maximum atomic E-state index is 13.3. The molecular weight excluding hydrogens is 404 g/mol. The van der Waals surface area contributed by atoms with Crippen molar-refractivity contribution in [3.05, 3.63) is 57.8 Å². The Balaban J connectivity index is 1.66. The van der Waals surface area contributed by atoms with E-state index in [4.69, 9.17) is 0 Å². The summed E-state index contributed by atoms with van der Waals surface area (Å²) in [5.41, 5.74) is 4.50. The molecule has 0 aliphatic carbocycles. The van der Waals surface area contributed by atoms with Crippen molar-refractivity contribution in [3.8, 4) is 0 Å². The summed E-state index contributed by atoms with van der Waals surface area (Å²) >= 11 is 0. The van der Waals surface area contributed by atoms with Gasteiger partial charge in [0.1, 0.15) is 11.6 Å². The first-order valence-electron chi connectivity index (χ1n) is 11.1. The van der Waals surface area contributed by atoms with Gasteiger partial charge in [-0.15, -0.1) is 0 Å². The Morgan fingerprint density at radius 1 is 1.16 bits per heavy atom. The van der Waals surface area contributed by atoms with Crippen LogP contribution in [0.5, 0.6) is 0 Å². The highest BCUT2D eigenvalue weighted by Gasteiger charge is 2.25. The number of carbonyl (C=O) groups is 1. The number of benzene rings is 1. The summed E-state index contributed by atoms with van der Waals surface area (Å²) in [6.45, 7) is 9.46.